The second-order valence-corrected chi connectivity index (χ2v) is 6.44. The first-order valence-corrected chi connectivity index (χ1v) is 7.77. The van der Waals surface area contributed by atoms with Crippen molar-refractivity contribution in [2.75, 3.05) is 6.54 Å². The highest BCUT2D eigenvalue weighted by molar-refractivity contribution is 7.11. The van der Waals surface area contributed by atoms with Crippen molar-refractivity contribution in [1.82, 2.24) is 10.3 Å². The summed E-state index contributed by atoms with van der Waals surface area (Å²) in [4.78, 5) is 5.83. The van der Waals surface area contributed by atoms with E-state index in [4.69, 9.17) is 0 Å². The number of aromatic nitrogens is 1. The molecular weight excluding hydrogens is 228 g/mol. The molecule has 0 saturated heterocycles. The molecule has 3 heteroatoms. The Hall–Kier alpha value is -0.410. The number of aryl methyl sites for hydroxylation is 1. The summed E-state index contributed by atoms with van der Waals surface area (Å²) < 4.78 is 0. The SMILES string of the molecule is CCCNC(CC1CCCC1)c1cnc(C)s1. The number of hydrogen-bond acceptors (Lipinski definition) is 3. The molecule has 1 unspecified atom stereocenters. The zero-order valence-corrected chi connectivity index (χ0v) is 11.9. The van der Waals surface area contributed by atoms with E-state index in [1.807, 2.05) is 11.3 Å². The molecule has 96 valence electrons. The third kappa shape index (κ3) is 3.78. The molecule has 1 aliphatic rings. The summed E-state index contributed by atoms with van der Waals surface area (Å²) in [7, 11) is 0. The van der Waals surface area contributed by atoms with Crippen molar-refractivity contribution in [3.05, 3.63) is 16.1 Å². The van der Waals surface area contributed by atoms with Crippen LogP contribution < -0.4 is 5.32 Å². The van der Waals surface area contributed by atoms with Gasteiger partial charge in [-0.2, -0.15) is 0 Å². The monoisotopic (exact) mass is 252 g/mol. The van der Waals surface area contributed by atoms with Crippen LogP contribution in [-0.4, -0.2) is 11.5 Å². The normalized spacial score (nSPS) is 18.7. The minimum Gasteiger partial charge on any atom is -0.309 e. The van der Waals surface area contributed by atoms with Crippen LogP contribution in [0.25, 0.3) is 0 Å². The van der Waals surface area contributed by atoms with Gasteiger partial charge in [0.05, 0.1) is 5.01 Å². The van der Waals surface area contributed by atoms with Gasteiger partial charge >= 0.3 is 0 Å². The van der Waals surface area contributed by atoms with Crippen LogP contribution in [0.1, 0.15) is 61.4 Å². The molecule has 0 aromatic carbocycles. The minimum absolute atomic E-state index is 0.546. The largest absolute Gasteiger partial charge is 0.309 e. The Bertz CT molecular complexity index is 329. The maximum absolute atomic E-state index is 4.40. The molecule has 0 amide bonds. The van der Waals surface area contributed by atoms with Crippen molar-refractivity contribution < 1.29 is 0 Å². The fourth-order valence-corrected chi connectivity index (χ4v) is 3.61. The van der Waals surface area contributed by atoms with E-state index in [1.54, 1.807) is 0 Å². The number of thiazole rings is 1. The van der Waals surface area contributed by atoms with E-state index in [0.29, 0.717) is 6.04 Å². The smallest absolute Gasteiger partial charge is 0.0897 e. The van der Waals surface area contributed by atoms with Gasteiger partial charge in [-0.1, -0.05) is 32.6 Å². The molecule has 2 nitrogen and oxygen atoms in total. The third-order valence-corrected chi connectivity index (χ3v) is 4.69. The summed E-state index contributed by atoms with van der Waals surface area (Å²) in [5, 5.41) is 4.89. The van der Waals surface area contributed by atoms with Gasteiger partial charge < -0.3 is 5.32 Å². The maximum Gasteiger partial charge on any atom is 0.0897 e. The van der Waals surface area contributed by atoms with Crippen molar-refractivity contribution in [1.29, 1.82) is 0 Å². The zero-order valence-electron chi connectivity index (χ0n) is 11.0. The molecule has 0 aliphatic heterocycles. The lowest BCUT2D eigenvalue weighted by Crippen LogP contribution is -2.23. The molecule has 0 bridgehead atoms. The van der Waals surface area contributed by atoms with Crippen LogP contribution in [0.5, 0.6) is 0 Å². The molecule has 1 aliphatic carbocycles. The van der Waals surface area contributed by atoms with Crippen LogP contribution >= 0.6 is 11.3 Å². The Morgan fingerprint density at radius 3 is 2.82 bits per heavy atom. The lowest BCUT2D eigenvalue weighted by Gasteiger charge is -2.20. The molecule has 1 aromatic rings. The van der Waals surface area contributed by atoms with Crippen LogP contribution in [0.2, 0.25) is 0 Å². The average molecular weight is 252 g/mol. The predicted molar refractivity (Wildman–Crippen MR) is 74.5 cm³/mol. The summed E-state index contributed by atoms with van der Waals surface area (Å²) in [6, 6.07) is 0.546. The Labute approximate surface area is 109 Å². The summed E-state index contributed by atoms with van der Waals surface area (Å²) in [6.45, 7) is 5.45. The van der Waals surface area contributed by atoms with E-state index in [2.05, 4.69) is 30.3 Å². The highest BCUT2D eigenvalue weighted by Crippen LogP contribution is 2.34. The summed E-state index contributed by atoms with van der Waals surface area (Å²) in [6.07, 6.45) is 10.3. The lowest BCUT2D eigenvalue weighted by atomic mass is 9.97. The molecule has 1 aromatic heterocycles. The maximum atomic E-state index is 4.40. The standard InChI is InChI=1S/C14H24N2S/c1-3-8-15-13(9-12-6-4-5-7-12)14-10-16-11(2)17-14/h10,12-13,15H,3-9H2,1-2H3. The van der Waals surface area contributed by atoms with E-state index in [-0.39, 0.29) is 0 Å². The van der Waals surface area contributed by atoms with Gasteiger partial charge in [-0.3, -0.25) is 0 Å². The second-order valence-electron chi connectivity index (χ2n) is 5.17. The summed E-state index contributed by atoms with van der Waals surface area (Å²) in [5.74, 6) is 0.937. The first-order valence-electron chi connectivity index (χ1n) is 6.95. The van der Waals surface area contributed by atoms with Crippen molar-refractivity contribution in [2.45, 2.75) is 58.4 Å². The lowest BCUT2D eigenvalue weighted by molar-refractivity contribution is 0.399. The molecule has 0 spiro atoms. The number of nitrogens with one attached hydrogen (secondary N) is 1. The Morgan fingerprint density at radius 2 is 2.24 bits per heavy atom. The summed E-state index contributed by atoms with van der Waals surface area (Å²) >= 11 is 1.86. The molecule has 1 saturated carbocycles. The second kappa shape index (κ2) is 6.50. The Kier molecular flexibility index (Phi) is 4.99. The van der Waals surface area contributed by atoms with E-state index < -0.39 is 0 Å². The van der Waals surface area contributed by atoms with Crippen LogP contribution in [0.3, 0.4) is 0 Å². The third-order valence-electron chi connectivity index (χ3n) is 3.67. The first kappa shape index (κ1) is 13.0. The first-order chi connectivity index (χ1) is 8.29. The summed E-state index contributed by atoms with van der Waals surface area (Å²) in [5.41, 5.74) is 0. The quantitative estimate of drug-likeness (QED) is 0.825. The topological polar surface area (TPSA) is 24.9 Å². The molecule has 1 fully saturated rings. The highest BCUT2D eigenvalue weighted by Gasteiger charge is 2.22. The molecule has 1 heterocycles. The molecule has 1 atom stereocenters. The van der Waals surface area contributed by atoms with Gasteiger partial charge in [0.2, 0.25) is 0 Å². The Balaban J connectivity index is 1.96. The molecule has 17 heavy (non-hydrogen) atoms. The van der Waals surface area contributed by atoms with Gasteiger partial charge in [0, 0.05) is 17.1 Å². The van der Waals surface area contributed by atoms with Crippen molar-refractivity contribution >= 4 is 11.3 Å². The molecule has 0 radical (unpaired) electrons. The molecular formula is C14H24N2S. The number of rotatable bonds is 6. The minimum atomic E-state index is 0.546. The predicted octanol–water partition coefficient (Wildman–Crippen LogP) is 4.07. The zero-order chi connectivity index (χ0) is 12.1. The fraction of sp³-hybridized carbons (Fsp3) is 0.786. The molecule has 1 N–H and O–H groups in total. The van der Waals surface area contributed by atoms with Gasteiger partial charge in [-0.05, 0) is 32.2 Å². The van der Waals surface area contributed by atoms with Crippen molar-refractivity contribution in [3.8, 4) is 0 Å². The number of nitrogens with zero attached hydrogens (tertiary/aromatic N) is 1. The van der Waals surface area contributed by atoms with Crippen molar-refractivity contribution in [2.24, 2.45) is 5.92 Å². The number of hydrogen-bond donors (Lipinski definition) is 1. The van der Waals surface area contributed by atoms with Gasteiger partial charge in [-0.15, -0.1) is 11.3 Å². The van der Waals surface area contributed by atoms with E-state index in [9.17, 15) is 0 Å². The van der Waals surface area contributed by atoms with Gasteiger partial charge in [-0.25, -0.2) is 4.98 Å². The average Bonchev–Trinajstić information content (AvgIpc) is 2.95. The van der Waals surface area contributed by atoms with Gasteiger partial charge in [0.15, 0.2) is 0 Å². The van der Waals surface area contributed by atoms with Crippen LogP contribution in [-0.2, 0) is 0 Å². The highest BCUT2D eigenvalue weighted by atomic mass is 32.1. The van der Waals surface area contributed by atoms with Crippen LogP contribution in [0.15, 0.2) is 6.20 Å². The van der Waals surface area contributed by atoms with Crippen molar-refractivity contribution in [3.63, 3.8) is 0 Å². The van der Waals surface area contributed by atoms with E-state index in [0.717, 1.165) is 12.5 Å². The fourth-order valence-electron chi connectivity index (χ4n) is 2.74. The van der Waals surface area contributed by atoms with Gasteiger partial charge in [0.25, 0.3) is 0 Å². The molecule has 2 rings (SSSR count). The van der Waals surface area contributed by atoms with Crippen LogP contribution in [0, 0.1) is 12.8 Å². The van der Waals surface area contributed by atoms with Gasteiger partial charge in [0.1, 0.15) is 0 Å². The van der Waals surface area contributed by atoms with Crippen LogP contribution in [0.4, 0.5) is 0 Å². The van der Waals surface area contributed by atoms with E-state index >= 15 is 0 Å². The Morgan fingerprint density at radius 1 is 1.47 bits per heavy atom. The van der Waals surface area contributed by atoms with E-state index in [1.165, 1.54) is 48.4 Å².